The molecule has 0 amide bonds. The summed E-state index contributed by atoms with van der Waals surface area (Å²) in [5.74, 6) is -1.30. The van der Waals surface area contributed by atoms with Crippen LogP contribution >= 0.6 is 0 Å². The number of rotatable bonds is 11. The van der Waals surface area contributed by atoms with Crippen molar-refractivity contribution in [3.05, 3.63) is 0 Å². The predicted molar refractivity (Wildman–Crippen MR) is 66.8 cm³/mol. The van der Waals surface area contributed by atoms with Crippen molar-refractivity contribution < 1.29 is 47.3 Å². The largest absolute Gasteiger partial charge is 1.00 e. The topological polar surface area (TPSA) is 74.3 Å². The van der Waals surface area contributed by atoms with Crippen molar-refractivity contribution in [3.63, 3.8) is 0 Å². The maximum atomic E-state index is 11.1. The Labute approximate surface area is 133 Å². The van der Waals surface area contributed by atoms with E-state index in [-0.39, 0.29) is 36.0 Å². The molecule has 0 rings (SSSR count). The van der Waals surface area contributed by atoms with E-state index in [0.717, 1.165) is 12.8 Å². The van der Waals surface area contributed by atoms with Gasteiger partial charge in [-0.3, -0.25) is 4.79 Å². The number of carbonyl (C=O) groups is 1. The molecule has 0 fully saturated rings. The Balaban J connectivity index is 0. The number of hydrogen-bond donors (Lipinski definition) is 0. The fraction of sp³-hybridized carbons (Fsp3) is 0.917. The Morgan fingerprint density at radius 1 is 0.944 bits per heavy atom. The van der Waals surface area contributed by atoms with Gasteiger partial charge in [0, 0.05) is 6.42 Å². The van der Waals surface area contributed by atoms with Crippen LogP contribution in [0.1, 0.15) is 64.7 Å². The molecule has 0 bridgehead atoms. The van der Waals surface area contributed by atoms with Crippen LogP contribution in [0, 0.1) is 0 Å². The van der Waals surface area contributed by atoms with Gasteiger partial charge in [-0.15, -0.1) is 0 Å². The zero-order chi connectivity index (χ0) is 13.1. The number of Topliss-reactive ketones (excluding diaryl/α,β-unsaturated/α-hetero) is 1. The molecule has 6 heteroatoms. The van der Waals surface area contributed by atoms with Crippen LogP contribution in [0.3, 0.4) is 0 Å². The quantitative estimate of drug-likeness (QED) is 0.295. The van der Waals surface area contributed by atoms with Gasteiger partial charge in [-0.25, -0.2) is 8.42 Å². The van der Waals surface area contributed by atoms with Gasteiger partial charge in [0.05, 0.1) is 5.75 Å². The molecule has 0 N–H and O–H groups in total. The standard InChI is InChI=1S/C12H24O4S.Na/c1-2-3-4-5-6-7-8-9-10-12(13)11-17(14,15)16;/h2-11H2,1H3,(H,14,15,16);/q;+1/p-1. The average Bonchev–Trinajstić information content (AvgIpc) is 2.19. The molecule has 0 radical (unpaired) electrons. The molecule has 0 heterocycles. The maximum absolute atomic E-state index is 11.1. The molecular weight excluding hydrogens is 263 g/mol. The zero-order valence-corrected chi connectivity index (χ0v) is 14.4. The minimum Gasteiger partial charge on any atom is -0.748 e. The van der Waals surface area contributed by atoms with Crippen LogP contribution in [0.25, 0.3) is 0 Å². The van der Waals surface area contributed by atoms with Crippen LogP contribution < -0.4 is 29.6 Å². The van der Waals surface area contributed by atoms with Gasteiger partial charge < -0.3 is 4.55 Å². The molecule has 102 valence electrons. The summed E-state index contributed by atoms with van der Waals surface area (Å²) >= 11 is 0. The summed E-state index contributed by atoms with van der Waals surface area (Å²) in [5.41, 5.74) is 0. The van der Waals surface area contributed by atoms with Crippen molar-refractivity contribution in [1.82, 2.24) is 0 Å². The van der Waals surface area contributed by atoms with Crippen molar-refractivity contribution in [2.45, 2.75) is 64.7 Å². The second-order valence-electron chi connectivity index (χ2n) is 4.47. The molecule has 0 aromatic carbocycles. The molecule has 0 atom stereocenters. The van der Waals surface area contributed by atoms with Gasteiger partial charge in [0.25, 0.3) is 0 Å². The Kier molecular flexibility index (Phi) is 14.6. The molecule has 0 saturated heterocycles. The summed E-state index contributed by atoms with van der Waals surface area (Å²) in [5, 5.41) is 0. The second-order valence-corrected chi connectivity index (χ2v) is 5.87. The van der Waals surface area contributed by atoms with Crippen LogP contribution in [-0.4, -0.2) is 24.5 Å². The Morgan fingerprint density at radius 3 is 1.83 bits per heavy atom. The van der Waals surface area contributed by atoms with E-state index in [0.29, 0.717) is 6.42 Å². The van der Waals surface area contributed by atoms with E-state index in [2.05, 4.69) is 6.92 Å². The zero-order valence-electron chi connectivity index (χ0n) is 11.6. The monoisotopic (exact) mass is 286 g/mol. The third-order valence-corrected chi connectivity index (χ3v) is 3.32. The summed E-state index contributed by atoms with van der Waals surface area (Å²) < 4.78 is 30.9. The molecule has 0 spiro atoms. The summed E-state index contributed by atoms with van der Waals surface area (Å²) in [6, 6.07) is 0. The molecular formula is C12H23NaO4S. The van der Waals surface area contributed by atoms with Crippen molar-refractivity contribution in [3.8, 4) is 0 Å². The average molecular weight is 286 g/mol. The Hall–Kier alpha value is 0.580. The van der Waals surface area contributed by atoms with Gasteiger partial charge >= 0.3 is 29.6 Å². The van der Waals surface area contributed by atoms with E-state index in [9.17, 15) is 17.8 Å². The molecule has 0 aliphatic heterocycles. The van der Waals surface area contributed by atoms with Gasteiger partial charge in [-0.1, -0.05) is 51.9 Å². The van der Waals surface area contributed by atoms with E-state index < -0.39 is 21.7 Å². The van der Waals surface area contributed by atoms with Crippen molar-refractivity contribution in [2.75, 3.05) is 5.75 Å². The molecule has 18 heavy (non-hydrogen) atoms. The van der Waals surface area contributed by atoms with Gasteiger partial charge in [-0.2, -0.15) is 0 Å². The summed E-state index contributed by atoms with van der Waals surface area (Å²) in [7, 11) is -4.38. The summed E-state index contributed by atoms with van der Waals surface area (Å²) in [6.45, 7) is 2.18. The number of unbranched alkanes of at least 4 members (excludes halogenated alkanes) is 7. The van der Waals surface area contributed by atoms with E-state index in [1.165, 1.54) is 32.1 Å². The SMILES string of the molecule is CCCCCCCCCCC(=O)CS(=O)(=O)[O-].[Na+]. The molecule has 0 aromatic heterocycles. The minimum absolute atomic E-state index is 0. The van der Waals surface area contributed by atoms with Gasteiger partial charge in [0.15, 0.2) is 0 Å². The van der Waals surface area contributed by atoms with Crippen LogP contribution in [0.4, 0.5) is 0 Å². The number of hydrogen-bond acceptors (Lipinski definition) is 4. The maximum Gasteiger partial charge on any atom is 1.00 e. The molecule has 4 nitrogen and oxygen atoms in total. The van der Waals surface area contributed by atoms with E-state index in [1.54, 1.807) is 0 Å². The summed E-state index contributed by atoms with van der Waals surface area (Å²) in [4.78, 5) is 11.1. The number of carbonyl (C=O) groups excluding carboxylic acids is 1. The first-order valence-electron chi connectivity index (χ1n) is 6.41. The van der Waals surface area contributed by atoms with E-state index >= 15 is 0 Å². The molecule has 0 aliphatic carbocycles. The van der Waals surface area contributed by atoms with Crippen molar-refractivity contribution in [2.24, 2.45) is 0 Å². The van der Waals surface area contributed by atoms with Crippen LogP contribution in [0.5, 0.6) is 0 Å². The fourth-order valence-corrected chi connectivity index (χ4v) is 2.26. The first kappa shape index (κ1) is 20.9. The smallest absolute Gasteiger partial charge is 0.748 e. The van der Waals surface area contributed by atoms with E-state index in [1.807, 2.05) is 0 Å². The molecule has 0 aromatic rings. The van der Waals surface area contributed by atoms with Crippen molar-refractivity contribution in [1.29, 1.82) is 0 Å². The molecule has 0 aliphatic rings. The minimum atomic E-state index is -4.38. The van der Waals surface area contributed by atoms with Crippen LogP contribution in [-0.2, 0) is 14.9 Å². The molecule has 0 saturated carbocycles. The molecule has 0 unspecified atom stereocenters. The third kappa shape index (κ3) is 16.6. The first-order valence-corrected chi connectivity index (χ1v) is 7.98. The van der Waals surface area contributed by atoms with Crippen LogP contribution in [0.15, 0.2) is 0 Å². The third-order valence-electron chi connectivity index (χ3n) is 2.65. The number of ketones is 1. The predicted octanol–water partition coefficient (Wildman–Crippen LogP) is -0.364. The van der Waals surface area contributed by atoms with Crippen LogP contribution in [0.2, 0.25) is 0 Å². The second kappa shape index (κ2) is 12.6. The van der Waals surface area contributed by atoms with Gasteiger partial charge in [0.2, 0.25) is 0 Å². The van der Waals surface area contributed by atoms with Crippen molar-refractivity contribution >= 4 is 15.9 Å². The Morgan fingerprint density at radius 2 is 1.39 bits per heavy atom. The van der Waals surface area contributed by atoms with E-state index in [4.69, 9.17) is 0 Å². The first-order chi connectivity index (χ1) is 7.95. The normalized spacial score (nSPS) is 11.0. The summed E-state index contributed by atoms with van der Waals surface area (Å²) in [6.07, 6.45) is 9.13. The van der Waals surface area contributed by atoms with Gasteiger partial charge in [0.1, 0.15) is 15.9 Å². The Bertz CT molecular complexity index is 301. The fourth-order valence-electron chi connectivity index (χ4n) is 1.73. The van der Waals surface area contributed by atoms with Gasteiger partial charge in [-0.05, 0) is 6.42 Å².